The Labute approximate surface area is 101 Å². The zero-order valence-corrected chi connectivity index (χ0v) is 10.3. The number of anilines is 1. The Kier molecular flexibility index (Phi) is 3.38. The van der Waals surface area contributed by atoms with Gasteiger partial charge in [0.25, 0.3) is 0 Å². The molecule has 15 heavy (non-hydrogen) atoms. The minimum Gasteiger partial charge on any atom is -0.453 e. The van der Waals surface area contributed by atoms with E-state index in [1.54, 1.807) is 11.8 Å². The van der Waals surface area contributed by atoms with Gasteiger partial charge in [-0.05, 0) is 46.3 Å². The highest BCUT2D eigenvalue weighted by Gasteiger charge is 2.01. The van der Waals surface area contributed by atoms with Crippen molar-refractivity contribution in [3.05, 3.63) is 46.8 Å². The Morgan fingerprint density at radius 2 is 2.13 bits per heavy atom. The van der Waals surface area contributed by atoms with E-state index in [1.807, 2.05) is 36.4 Å². The molecule has 1 aromatic heterocycles. The van der Waals surface area contributed by atoms with Crippen molar-refractivity contribution in [2.75, 3.05) is 5.73 Å². The molecule has 0 radical (unpaired) electrons. The molecule has 0 atom stereocenters. The summed E-state index contributed by atoms with van der Waals surface area (Å²) in [6.07, 6.45) is 0. The van der Waals surface area contributed by atoms with Crippen LogP contribution in [0.3, 0.4) is 0 Å². The molecule has 2 N–H and O–H groups in total. The van der Waals surface area contributed by atoms with Crippen molar-refractivity contribution in [1.82, 2.24) is 0 Å². The first-order valence-electron chi connectivity index (χ1n) is 4.46. The van der Waals surface area contributed by atoms with E-state index in [2.05, 4.69) is 15.9 Å². The van der Waals surface area contributed by atoms with Crippen molar-refractivity contribution in [2.24, 2.45) is 0 Å². The predicted octanol–water partition coefficient (Wildman–Crippen LogP) is 3.92. The van der Waals surface area contributed by atoms with Crippen LogP contribution in [0.1, 0.15) is 5.76 Å². The summed E-state index contributed by atoms with van der Waals surface area (Å²) in [7, 11) is 0. The number of halogens is 1. The van der Waals surface area contributed by atoms with E-state index >= 15 is 0 Å². The third-order valence-electron chi connectivity index (χ3n) is 1.87. The van der Waals surface area contributed by atoms with Gasteiger partial charge in [-0.2, -0.15) is 0 Å². The summed E-state index contributed by atoms with van der Waals surface area (Å²) < 4.78 is 6.17. The molecule has 2 aromatic rings. The van der Waals surface area contributed by atoms with Gasteiger partial charge >= 0.3 is 0 Å². The van der Waals surface area contributed by atoms with Crippen LogP contribution in [0.2, 0.25) is 0 Å². The average molecular weight is 284 g/mol. The molecule has 0 saturated carbocycles. The summed E-state index contributed by atoms with van der Waals surface area (Å²) in [6, 6.07) is 11.7. The Bertz CT molecular complexity index is 455. The van der Waals surface area contributed by atoms with Gasteiger partial charge in [-0.1, -0.05) is 6.07 Å². The van der Waals surface area contributed by atoms with Crippen molar-refractivity contribution in [3.8, 4) is 0 Å². The first kappa shape index (κ1) is 10.6. The lowest BCUT2D eigenvalue weighted by molar-refractivity contribution is 0.507. The van der Waals surface area contributed by atoms with Crippen molar-refractivity contribution in [3.63, 3.8) is 0 Å². The molecule has 0 amide bonds. The number of thioether (sulfide) groups is 1. The fourth-order valence-corrected chi connectivity index (χ4v) is 2.39. The number of furan rings is 1. The Morgan fingerprint density at radius 3 is 2.80 bits per heavy atom. The first-order valence-corrected chi connectivity index (χ1v) is 6.24. The van der Waals surface area contributed by atoms with Crippen molar-refractivity contribution >= 4 is 33.4 Å². The predicted molar refractivity (Wildman–Crippen MR) is 66.8 cm³/mol. The van der Waals surface area contributed by atoms with Gasteiger partial charge < -0.3 is 10.2 Å². The Balaban J connectivity index is 1.99. The lowest BCUT2D eigenvalue weighted by atomic mass is 10.3. The van der Waals surface area contributed by atoms with Gasteiger partial charge in [0.05, 0.1) is 5.75 Å². The number of rotatable bonds is 3. The molecule has 0 unspecified atom stereocenters. The summed E-state index contributed by atoms with van der Waals surface area (Å²) >= 11 is 4.98. The van der Waals surface area contributed by atoms with Crippen LogP contribution < -0.4 is 5.73 Å². The summed E-state index contributed by atoms with van der Waals surface area (Å²) in [5.41, 5.74) is 6.48. The quantitative estimate of drug-likeness (QED) is 0.686. The molecule has 2 rings (SSSR count). The second-order valence-corrected chi connectivity index (χ2v) is 4.90. The lowest BCUT2D eigenvalue weighted by Crippen LogP contribution is -1.83. The lowest BCUT2D eigenvalue weighted by Gasteiger charge is -2.00. The molecule has 0 aliphatic rings. The van der Waals surface area contributed by atoms with Crippen molar-refractivity contribution in [2.45, 2.75) is 10.6 Å². The van der Waals surface area contributed by atoms with Crippen LogP contribution in [0.4, 0.5) is 5.69 Å². The smallest absolute Gasteiger partial charge is 0.169 e. The van der Waals surface area contributed by atoms with Gasteiger partial charge in [0.15, 0.2) is 4.67 Å². The Morgan fingerprint density at radius 1 is 1.27 bits per heavy atom. The maximum Gasteiger partial charge on any atom is 0.169 e. The minimum absolute atomic E-state index is 0.769. The van der Waals surface area contributed by atoms with Crippen molar-refractivity contribution in [1.29, 1.82) is 0 Å². The maximum atomic E-state index is 5.69. The van der Waals surface area contributed by atoms with Crippen LogP contribution in [-0.2, 0) is 5.75 Å². The molecule has 0 bridgehead atoms. The van der Waals surface area contributed by atoms with Crippen LogP contribution in [0, 0.1) is 0 Å². The van der Waals surface area contributed by atoms with Gasteiger partial charge in [0.2, 0.25) is 0 Å². The molecule has 0 aliphatic carbocycles. The molecular formula is C11H10BrNOS. The number of hydrogen-bond acceptors (Lipinski definition) is 3. The second kappa shape index (κ2) is 4.77. The SMILES string of the molecule is Nc1cccc(SCc2ccc(Br)o2)c1. The summed E-state index contributed by atoms with van der Waals surface area (Å²) in [5, 5.41) is 0. The summed E-state index contributed by atoms with van der Waals surface area (Å²) in [4.78, 5) is 1.16. The zero-order valence-electron chi connectivity index (χ0n) is 7.94. The molecular weight excluding hydrogens is 274 g/mol. The number of nitrogens with two attached hydrogens (primary N) is 1. The van der Waals surface area contributed by atoms with Gasteiger partial charge in [-0.25, -0.2) is 0 Å². The Hall–Kier alpha value is -0.870. The van der Waals surface area contributed by atoms with Crippen LogP contribution in [-0.4, -0.2) is 0 Å². The van der Waals surface area contributed by atoms with E-state index in [4.69, 9.17) is 10.2 Å². The fraction of sp³-hybridized carbons (Fsp3) is 0.0909. The third kappa shape index (κ3) is 3.04. The topological polar surface area (TPSA) is 39.2 Å². The molecule has 0 aliphatic heterocycles. The molecule has 4 heteroatoms. The van der Waals surface area contributed by atoms with E-state index in [-0.39, 0.29) is 0 Å². The largest absolute Gasteiger partial charge is 0.453 e. The second-order valence-electron chi connectivity index (χ2n) is 3.07. The van der Waals surface area contributed by atoms with Crippen LogP contribution in [0.25, 0.3) is 0 Å². The maximum absolute atomic E-state index is 5.69. The standard InChI is InChI=1S/C11H10BrNOS/c12-11-5-4-9(14-11)7-15-10-3-1-2-8(13)6-10/h1-6H,7,13H2. The summed E-state index contributed by atoms with van der Waals surface area (Å²) in [6.45, 7) is 0. The van der Waals surface area contributed by atoms with E-state index in [0.29, 0.717) is 0 Å². The molecule has 1 heterocycles. The molecule has 0 saturated heterocycles. The minimum atomic E-state index is 0.769. The molecule has 0 fully saturated rings. The molecule has 2 nitrogen and oxygen atoms in total. The normalized spacial score (nSPS) is 10.5. The van der Waals surface area contributed by atoms with Gasteiger partial charge in [-0.15, -0.1) is 11.8 Å². The van der Waals surface area contributed by atoms with E-state index < -0.39 is 0 Å². The van der Waals surface area contributed by atoms with Crippen LogP contribution >= 0.6 is 27.7 Å². The molecule has 0 spiro atoms. The van der Waals surface area contributed by atoms with E-state index in [1.165, 1.54) is 0 Å². The van der Waals surface area contributed by atoms with Crippen molar-refractivity contribution < 1.29 is 4.42 Å². The highest BCUT2D eigenvalue weighted by Crippen LogP contribution is 2.26. The molecule has 1 aromatic carbocycles. The number of benzene rings is 1. The van der Waals surface area contributed by atoms with Gasteiger partial charge in [0.1, 0.15) is 5.76 Å². The highest BCUT2D eigenvalue weighted by atomic mass is 79.9. The number of hydrogen-bond donors (Lipinski definition) is 1. The number of nitrogen functional groups attached to an aromatic ring is 1. The summed E-state index contributed by atoms with van der Waals surface area (Å²) in [5.74, 6) is 1.77. The average Bonchev–Trinajstić information content (AvgIpc) is 2.62. The zero-order chi connectivity index (χ0) is 10.7. The third-order valence-corrected chi connectivity index (χ3v) is 3.31. The molecule has 78 valence electrons. The highest BCUT2D eigenvalue weighted by molar-refractivity contribution is 9.10. The van der Waals surface area contributed by atoms with Crippen LogP contribution in [0.15, 0.2) is 50.4 Å². The van der Waals surface area contributed by atoms with E-state index in [0.717, 1.165) is 26.8 Å². The van der Waals surface area contributed by atoms with Crippen LogP contribution in [0.5, 0.6) is 0 Å². The van der Waals surface area contributed by atoms with E-state index in [9.17, 15) is 0 Å². The monoisotopic (exact) mass is 283 g/mol. The fourth-order valence-electron chi connectivity index (χ4n) is 1.19. The first-order chi connectivity index (χ1) is 7.24. The van der Waals surface area contributed by atoms with Gasteiger partial charge in [-0.3, -0.25) is 0 Å². The van der Waals surface area contributed by atoms with Gasteiger partial charge in [0, 0.05) is 10.6 Å².